The van der Waals surface area contributed by atoms with E-state index in [2.05, 4.69) is 0 Å². The smallest absolute Gasteiger partial charge is 0.282 e. The summed E-state index contributed by atoms with van der Waals surface area (Å²) in [4.78, 5) is 30.0. The van der Waals surface area contributed by atoms with Gasteiger partial charge < -0.3 is 14.4 Å². The molecular weight excluding hydrogens is 356 g/mol. The van der Waals surface area contributed by atoms with E-state index in [1.54, 1.807) is 18.2 Å². The molecule has 0 spiro atoms. The Morgan fingerprint density at radius 3 is 2.43 bits per heavy atom. The van der Waals surface area contributed by atoms with Crippen LogP contribution in [0.4, 0.5) is 5.69 Å². The number of anilines is 1. The van der Waals surface area contributed by atoms with Gasteiger partial charge in [0.05, 0.1) is 31.1 Å². The summed E-state index contributed by atoms with van der Waals surface area (Å²) in [5.41, 5.74) is 2.14. The van der Waals surface area contributed by atoms with Crippen molar-refractivity contribution in [2.24, 2.45) is 0 Å². The standard InChI is InChI=1S/C22H22N2O4/c1-2-28-18-10-6-9-17(15-18)24-21(25)19(16-7-4-3-5-8-16)20(22(24)26)23-11-13-27-14-12-23/h3-10,15H,2,11-14H2,1H3. The van der Waals surface area contributed by atoms with Crippen LogP contribution in [0.3, 0.4) is 0 Å². The Kier molecular flexibility index (Phi) is 5.12. The fraction of sp³-hybridized carbons (Fsp3) is 0.273. The van der Waals surface area contributed by atoms with Gasteiger partial charge in [-0.25, -0.2) is 4.90 Å². The molecule has 1 saturated heterocycles. The maximum Gasteiger partial charge on any atom is 0.282 e. The van der Waals surface area contributed by atoms with Crippen molar-refractivity contribution in [3.8, 4) is 5.75 Å². The molecule has 2 aliphatic heterocycles. The van der Waals surface area contributed by atoms with Gasteiger partial charge in [-0.3, -0.25) is 9.59 Å². The normalized spacial score (nSPS) is 17.5. The molecule has 6 nitrogen and oxygen atoms in total. The van der Waals surface area contributed by atoms with E-state index < -0.39 is 0 Å². The van der Waals surface area contributed by atoms with E-state index in [1.807, 2.05) is 48.2 Å². The third-order valence-electron chi connectivity index (χ3n) is 4.84. The van der Waals surface area contributed by atoms with Gasteiger partial charge in [0, 0.05) is 19.2 Å². The number of nitrogens with zero attached hydrogens (tertiary/aromatic N) is 2. The summed E-state index contributed by atoms with van der Waals surface area (Å²) in [6.07, 6.45) is 0. The molecule has 0 N–H and O–H groups in total. The second-order valence-corrected chi connectivity index (χ2v) is 6.57. The van der Waals surface area contributed by atoms with E-state index in [1.165, 1.54) is 4.90 Å². The topological polar surface area (TPSA) is 59.1 Å². The number of rotatable bonds is 5. The highest BCUT2D eigenvalue weighted by Gasteiger charge is 2.42. The van der Waals surface area contributed by atoms with Crippen LogP contribution in [-0.2, 0) is 14.3 Å². The molecule has 0 radical (unpaired) electrons. The fourth-order valence-electron chi connectivity index (χ4n) is 3.58. The van der Waals surface area contributed by atoms with Crippen molar-refractivity contribution < 1.29 is 19.1 Å². The monoisotopic (exact) mass is 378 g/mol. The lowest BCUT2D eigenvalue weighted by Gasteiger charge is -2.29. The van der Waals surface area contributed by atoms with Gasteiger partial charge in [0.1, 0.15) is 11.4 Å². The Labute approximate surface area is 164 Å². The number of morpholine rings is 1. The van der Waals surface area contributed by atoms with Crippen LogP contribution in [0.2, 0.25) is 0 Å². The predicted octanol–water partition coefficient (Wildman–Crippen LogP) is 2.70. The molecular formula is C22H22N2O4. The van der Waals surface area contributed by atoms with Gasteiger partial charge >= 0.3 is 0 Å². The number of ether oxygens (including phenoxy) is 2. The molecule has 6 heteroatoms. The zero-order valence-electron chi connectivity index (χ0n) is 15.8. The van der Waals surface area contributed by atoms with Gasteiger partial charge in [-0.15, -0.1) is 0 Å². The zero-order valence-corrected chi connectivity index (χ0v) is 15.8. The molecule has 1 fully saturated rings. The molecule has 0 bridgehead atoms. The average molecular weight is 378 g/mol. The fourth-order valence-corrected chi connectivity index (χ4v) is 3.58. The highest BCUT2D eigenvalue weighted by molar-refractivity contribution is 6.45. The van der Waals surface area contributed by atoms with Gasteiger partial charge in [0.15, 0.2) is 0 Å². The van der Waals surface area contributed by atoms with E-state index in [4.69, 9.17) is 9.47 Å². The Hall–Kier alpha value is -3.12. The highest BCUT2D eigenvalue weighted by atomic mass is 16.5. The third kappa shape index (κ3) is 3.27. The molecule has 2 amide bonds. The quantitative estimate of drug-likeness (QED) is 0.749. The molecule has 0 aliphatic carbocycles. The molecule has 0 atom stereocenters. The summed E-state index contributed by atoms with van der Waals surface area (Å²) in [6, 6.07) is 16.4. The van der Waals surface area contributed by atoms with Crippen molar-refractivity contribution in [1.29, 1.82) is 0 Å². The Morgan fingerprint density at radius 1 is 0.964 bits per heavy atom. The van der Waals surface area contributed by atoms with E-state index in [9.17, 15) is 9.59 Å². The lowest BCUT2D eigenvalue weighted by Crippen LogP contribution is -2.40. The number of carbonyl (C=O) groups excluding carboxylic acids is 2. The van der Waals surface area contributed by atoms with Gasteiger partial charge in [-0.2, -0.15) is 0 Å². The Bertz CT molecular complexity index is 917. The summed E-state index contributed by atoms with van der Waals surface area (Å²) in [7, 11) is 0. The highest BCUT2D eigenvalue weighted by Crippen LogP contribution is 2.36. The van der Waals surface area contributed by atoms with Crippen LogP contribution in [0.15, 0.2) is 60.3 Å². The molecule has 0 unspecified atom stereocenters. The predicted molar refractivity (Wildman–Crippen MR) is 106 cm³/mol. The van der Waals surface area contributed by atoms with E-state index in [0.29, 0.717) is 55.6 Å². The van der Waals surface area contributed by atoms with Gasteiger partial charge in [0.2, 0.25) is 0 Å². The molecule has 0 saturated carbocycles. The second-order valence-electron chi connectivity index (χ2n) is 6.57. The van der Waals surface area contributed by atoms with Gasteiger partial charge in [0.25, 0.3) is 11.8 Å². The molecule has 2 heterocycles. The molecule has 2 aromatic rings. The first-order valence-electron chi connectivity index (χ1n) is 9.44. The SMILES string of the molecule is CCOc1cccc(N2C(=O)C(c3ccccc3)=C(N3CCOCC3)C2=O)c1. The van der Waals surface area contributed by atoms with Crippen LogP contribution in [-0.4, -0.2) is 49.6 Å². The number of imide groups is 1. The van der Waals surface area contributed by atoms with E-state index in [-0.39, 0.29) is 11.8 Å². The average Bonchev–Trinajstić information content (AvgIpc) is 3.00. The van der Waals surface area contributed by atoms with Crippen LogP contribution < -0.4 is 9.64 Å². The zero-order chi connectivity index (χ0) is 19.5. The van der Waals surface area contributed by atoms with Crippen molar-refractivity contribution in [1.82, 2.24) is 4.90 Å². The van der Waals surface area contributed by atoms with Crippen LogP contribution in [0, 0.1) is 0 Å². The maximum absolute atomic E-state index is 13.4. The lowest BCUT2D eigenvalue weighted by molar-refractivity contribution is -0.121. The largest absolute Gasteiger partial charge is 0.494 e. The first kappa shape index (κ1) is 18.3. The van der Waals surface area contributed by atoms with Crippen molar-refractivity contribution in [2.45, 2.75) is 6.92 Å². The molecule has 4 rings (SSSR count). The third-order valence-corrected chi connectivity index (χ3v) is 4.84. The Balaban J connectivity index is 1.78. The minimum Gasteiger partial charge on any atom is -0.494 e. The van der Waals surface area contributed by atoms with Crippen LogP contribution >= 0.6 is 0 Å². The minimum absolute atomic E-state index is 0.306. The number of amides is 2. The number of hydrogen-bond donors (Lipinski definition) is 0. The van der Waals surface area contributed by atoms with Gasteiger partial charge in [-0.05, 0) is 24.6 Å². The summed E-state index contributed by atoms with van der Waals surface area (Å²) in [5, 5.41) is 0. The molecule has 2 aliphatic rings. The number of benzene rings is 2. The Morgan fingerprint density at radius 2 is 1.71 bits per heavy atom. The van der Waals surface area contributed by atoms with Gasteiger partial charge in [-0.1, -0.05) is 36.4 Å². The second kappa shape index (κ2) is 7.86. The molecule has 2 aromatic carbocycles. The van der Waals surface area contributed by atoms with Crippen molar-refractivity contribution in [3.05, 3.63) is 65.9 Å². The van der Waals surface area contributed by atoms with Crippen molar-refractivity contribution in [2.75, 3.05) is 37.8 Å². The summed E-state index contributed by atoms with van der Waals surface area (Å²) in [6.45, 7) is 4.64. The molecule has 0 aromatic heterocycles. The van der Waals surface area contributed by atoms with E-state index in [0.717, 1.165) is 5.56 Å². The van der Waals surface area contributed by atoms with Crippen LogP contribution in [0.5, 0.6) is 5.75 Å². The molecule has 144 valence electrons. The molecule has 28 heavy (non-hydrogen) atoms. The summed E-state index contributed by atoms with van der Waals surface area (Å²) in [5.74, 6) is 0.00688. The number of carbonyl (C=O) groups is 2. The maximum atomic E-state index is 13.4. The van der Waals surface area contributed by atoms with Crippen LogP contribution in [0.25, 0.3) is 5.57 Å². The minimum atomic E-state index is -0.314. The summed E-state index contributed by atoms with van der Waals surface area (Å²) < 4.78 is 11.0. The van der Waals surface area contributed by atoms with Crippen LogP contribution in [0.1, 0.15) is 12.5 Å². The first-order chi connectivity index (χ1) is 13.7. The number of hydrogen-bond acceptors (Lipinski definition) is 5. The first-order valence-corrected chi connectivity index (χ1v) is 9.44. The summed E-state index contributed by atoms with van der Waals surface area (Å²) >= 11 is 0. The lowest BCUT2D eigenvalue weighted by atomic mass is 10.0. The van der Waals surface area contributed by atoms with Crippen molar-refractivity contribution in [3.63, 3.8) is 0 Å². The van der Waals surface area contributed by atoms with Crippen molar-refractivity contribution >= 4 is 23.1 Å². The van der Waals surface area contributed by atoms with E-state index >= 15 is 0 Å².